The van der Waals surface area contributed by atoms with E-state index in [9.17, 15) is 0 Å². The molecule has 1 fully saturated rings. The Kier molecular flexibility index (Phi) is 4.02. The van der Waals surface area contributed by atoms with Gasteiger partial charge in [-0.25, -0.2) is 0 Å². The van der Waals surface area contributed by atoms with Gasteiger partial charge in [0.15, 0.2) is 0 Å². The normalized spacial score (nSPS) is 25.8. The predicted octanol–water partition coefficient (Wildman–Crippen LogP) is 1.99. The molecule has 3 heteroatoms. The third-order valence-corrected chi connectivity index (χ3v) is 3.62. The highest BCUT2D eigenvalue weighted by molar-refractivity contribution is 5.27. The summed E-state index contributed by atoms with van der Waals surface area (Å²) in [6.45, 7) is 2.97. The SMILES string of the molecule is COc1ccc(CC(N)C2CCOC2C)cc1. The first-order chi connectivity index (χ1) is 8.20. The van der Waals surface area contributed by atoms with E-state index in [0.29, 0.717) is 12.0 Å². The van der Waals surface area contributed by atoms with Crippen LogP contribution in [-0.4, -0.2) is 25.9 Å². The van der Waals surface area contributed by atoms with Gasteiger partial charge < -0.3 is 15.2 Å². The van der Waals surface area contributed by atoms with E-state index >= 15 is 0 Å². The maximum atomic E-state index is 6.26. The van der Waals surface area contributed by atoms with E-state index < -0.39 is 0 Å². The number of hydrogen-bond acceptors (Lipinski definition) is 3. The van der Waals surface area contributed by atoms with Gasteiger partial charge >= 0.3 is 0 Å². The van der Waals surface area contributed by atoms with Gasteiger partial charge in [0, 0.05) is 18.6 Å². The minimum absolute atomic E-state index is 0.181. The Morgan fingerprint density at radius 2 is 2.12 bits per heavy atom. The smallest absolute Gasteiger partial charge is 0.118 e. The lowest BCUT2D eigenvalue weighted by Gasteiger charge is -2.22. The van der Waals surface area contributed by atoms with Crippen LogP contribution in [0.25, 0.3) is 0 Å². The van der Waals surface area contributed by atoms with Gasteiger partial charge in [0.2, 0.25) is 0 Å². The van der Waals surface area contributed by atoms with Gasteiger partial charge in [-0.3, -0.25) is 0 Å². The van der Waals surface area contributed by atoms with Crippen molar-refractivity contribution in [1.82, 2.24) is 0 Å². The van der Waals surface area contributed by atoms with Crippen LogP contribution in [0, 0.1) is 5.92 Å². The zero-order chi connectivity index (χ0) is 12.3. The van der Waals surface area contributed by atoms with E-state index in [-0.39, 0.29) is 6.04 Å². The molecule has 94 valence electrons. The van der Waals surface area contributed by atoms with Crippen LogP contribution < -0.4 is 10.5 Å². The number of nitrogens with two attached hydrogens (primary N) is 1. The molecule has 0 radical (unpaired) electrons. The second kappa shape index (κ2) is 5.52. The fraction of sp³-hybridized carbons (Fsp3) is 0.571. The van der Waals surface area contributed by atoms with E-state index in [1.54, 1.807) is 7.11 Å². The van der Waals surface area contributed by atoms with Crippen LogP contribution in [-0.2, 0) is 11.2 Å². The standard InChI is InChI=1S/C14H21NO2/c1-10-13(7-8-17-10)14(15)9-11-3-5-12(16-2)6-4-11/h3-6,10,13-14H,7-9,15H2,1-2H3. The van der Waals surface area contributed by atoms with Gasteiger partial charge in [-0.1, -0.05) is 12.1 Å². The summed E-state index contributed by atoms with van der Waals surface area (Å²) in [5.74, 6) is 1.37. The van der Waals surface area contributed by atoms with Crippen molar-refractivity contribution in [2.45, 2.75) is 31.9 Å². The van der Waals surface area contributed by atoms with Gasteiger partial charge in [0.25, 0.3) is 0 Å². The molecule has 1 aliphatic rings. The highest BCUT2D eigenvalue weighted by Gasteiger charge is 2.29. The largest absolute Gasteiger partial charge is 0.497 e. The van der Waals surface area contributed by atoms with Crippen LogP contribution in [0.2, 0.25) is 0 Å². The summed E-state index contributed by atoms with van der Waals surface area (Å²) in [6.07, 6.45) is 2.28. The van der Waals surface area contributed by atoms with Crippen LogP contribution in [0.5, 0.6) is 5.75 Å². The minimum Gasteiger partial charge on any atom is -0.497 e. The Morgan fingerprint density at radius 1 is 1.41 bits per heavy atom. The molecule has 0 amide bonds. The highest BCUT2D eigenvalue weighted by atomic mass is 16.5. The molecule has 2 N–H and O–H groups in total. The van der Waals surface area contributed by atoms with Crippen LogP contribution in [0.15, 0.2) is 24.3 Å². The van der Waals surface area contributed by atoms with Crippen LogP contribution in [0.3, 0.4) is 0 Å². The number of hydrogen-bond donors (Lipinski definition) is 1. The van der Waals surface area contributed by atoms with Crippen molar-refractivity contribution in [3.05, 3.63) is 29.8 Å². The fourth-order valence-electron chi connectivity index (χ4n) is 2.50. The number of methoxy groups -OCH3 is 1. The third kappa shape index (κ3) is 2.99. The molecule has 0 spiro atoms. The Balaban J connectivity index is 1.95. The molecule has 1 saturated heterocycles. The van der Waals surface area contributed by atoms with Gasteiger partial charge in [-0.05, 0) is 37.5 Å². The Bertz CT molecular complexity index is 350. The zero-order valence-corrected chi connectivity index (χ0v) is 10.6. The van der Waals surface area contributed by atoms with Crippen LogP contribution in [0.1, 0.15) is 18.9 Å². The summed E-state index contributed by atoms with van der Waals surface area (Å²) >= 11 is 0. The maximum absolute atomic E-state index is 6.26. The summed E-state index contributed by atoms with van der Waals surface area (Å²) in [5, 5.41) is 0. The van der Waals surface area contributed by atoms with Gasteiger partial charge in [-0.2, -0.15) is 0 Å². The summed E-state index contributed by atoms with van der Waals surface area (Å²) in [5.41, 5.74) is 7.52. The molecule has 1 aromatic rings. The van der Waals surface area contributed by atoms with Crippen molar-refractivity contribution in [2.75, 3.05) is 13.7 Å². The highest BCUT2D eigenvalue weighted by Crippen LogP contribution is 2.25. The van der Waals surface area contributed by atoms with Crippen molar-refractivity contribution >= 4 is 0 Å². The number of ether oxygens (including phenoxy) is 2. The van der Waals surface area contributed by atoms with E-state index in [4.69, 9.17) is 15.2 Å². The molecule has 0 saturated carbocycles. The molecule has 3 nitrogen and oxygen atoms in total. The molecule has 3 unspecified atom stereocenters. The first-order valence-electron chi connectivity index (χ1n) is 6.21. The van der Waals surface area contributed by atoms with Gasteiger partial charge in [0.05, 0.1) is 13.2 Å². The van der Waals surface area contributed by atoms with Gasteiger partial charge in [-0.15, -0.1) is 0 Å². The quantitative estimate of drug-likeness (QED) is 0.868. The van der Waals surface area contributed by atoms with Crippen molar-refractivity contribution in [3.63, 3.8) is 0 Å². The molecule has 1 aromatic carbocycles. The first-order valence-corrected chi connectivity index (χ1v) is 6.21. The number of benzene rings is 1. The molecule has 3 atom stereocenters. The molecule has 0 bridgehead atoms. The monoisotopic (exact) mass is 235 g/mol. The third-order valence-electron chi connectivity index (χ3n) is 3.62. The average molecular weight is 235 g/mol. The molecule has 1 heterocycles. The van der Waals surface area contributed by atoms with Crippen molar-refractivity contribution in [1.29, 1.82) is 0 Å². The van der Waals surface area contributed by atoms with Crippen LogP contribution >= 0.6 is 0 Å². The second-order valence-corrected chi connectivity index (χ2v) is 4.74. The Hall–Kier alpha value is -1.06. The van der Waals surface area contributed by atoms with Gasteiger partial charge in [0.1, 0.15) is 5.75 Å². The number of rotatable bonds is 4. The molecule has 1 aliphatic heterocycles. The fourth-order valence-corrected chi connectivity index (χ4v) is 2.50. The lowest BCUT2D eigenvalue weighted by Crippen LogP contribution is -2.36. The van der Waals surface area contributed by atoms with E-state index in [1.165, 1.54) is 5.56 Å². The summed E-state index contributed by atoms with van der Waals surface area (Å²) in [7, 11) is 1.68. The van der Waals surface area contributed by atoms with Crippen molar-refractivity contribution < 1.29 is 9.47 Å². The summed E-state index contributed by atoms with van der Waals surface area (Å²) in [6, 6.07) is 8.31. The molecule has 2 rings (SSSR count). The van der Waals surface area contributed by atoms with Crippen LogP contribution in [0.4, 0.5) is 0 Å². The topological polar surface area (TPSA) is 44.5 Å². The van der Waals surface area contributed by atoms with Crippen molar-refractivity contribution in [3.8, 4) is 5.75 Å². The van der Waals surface area contributed by atoms with E-state index in [2.05, 4.69) is 19.1 Å². The average Bonchev–Trinajstić information content (AvgIpc) is 2.76. The molecule has 17 heavy (non-hydrogen) atoms. The molecular formula is C14H21NO2. The molecule has 0 aliphatic carbocycles. The zero-order valence-electron chi connectivity index (χ0n) is 10.6. The molecule has 0 aromatic heterocycles. The predicted molar refractivity (Wildman–Crippen MR) is 68.2 cm³/mol. The Labute approximate surface area is 103 Å². The van der Waals surface area contributed by atoms with E-state index in [1.807, 2.05) is 12.1 Å². The van der Waals surface area contributed by atoms with Crippen molar-refractivity contribution in [2.24, 2.45) is 11.7 Å². The first kappa shape index (κ1) is 12.4. The second-order valence-electron chi connectivity index (χ2n) is 4.74. The maximum Gasteiger partial charge on any atom is 0.118 e. The lowest BCUT2D eigenvalue weighted by atomic mass is 9.89. The Morgan fingerprint density at radius 3 is 2.65 bits per heavy atom. The summed E-state index contributed by atoms with van der Waals surface area (Å²) in [4.78, 5) is 0. The molecular weight excluding hydrogens is 214 g/mol. The lowest BCUT2D eigenvalue weighted by molar-refractivity contribution is 0.0995. The summed E-state index contributed by atoms with van der Waals surface area (Å²) < 4.78 is 10.7. The van der Waals surface area contributed by atoms with E-state index in [0.717, 1.165) is 25.2 Å². The minimum atomic E-state index is 0.181.